The predicted molar refractivity (Wildman–Crippen MR) is 122 cm³/mol. The fourth-order valence-electron chi connectivity index (χ4n) is 4.46. The Morgan fingerprint density at radius 2 is 1.36 bits per heavy atom. The molecule has 0 fully saturated rings. The lowest BCUT2D eigenvalue weighted by molar-refractivity contribution is -0.274. The van der Waals surface area contributed by atoms with Gasteiger partial charge in [0.2, 0.25) is 0 Å². The minimum atomic E-state index is -4.95. The number of benzene rings is 3. The summed E-state index contributed by atoms with van der Waals surface area (Å²) in [6.45, 7) is 17.1. The molecule has 0 radical (unpaired) electrons. The van der Waals surface area contributed by atoms with Gasteiger partial charge in [-0.25, -0.2) is 13.1 Å². The van der Waals surface area contributed by atoms with Crippen molar-refractivity contribution in [3.05, 3.63) is 75.9 Å². The molecule has 0 aliphatic rings. The highest BCUT2D eigenvalue weighted by molar-refractivity contribution is 6.20. The number of halogens is 3. The van der Waals surface area contributed by atoms with Crippen LogP contribution in [-0.2, 0) is 0 Å². The molecule has 7 nitrogen and oxygen atoms in total. The van der Waals surface area contributed by atoms with Gasteiger partial charge in [0, 0.05) is 21.5 Å². The van der Waals surface area contributed by atoms with Crippen LogP contribution in [0.25, 0.3) is 53.6 Å². The zero-order valence-corrected chi connectivity index (χ0v) is 18.3. The van der Waals surface area contributed by atoms with Crippen LogP contribution in [0, 0.1) is 42.7 Å². The second-order valence-corrected chi connectivity index (χ2v) is 7.97. The highest BCUT2D eigenvalue weighted by atomic mass is 19.4. The Bertz CT molecular complexity index is 1860. The van der Waals surface area contributed by atoms with E-state index in [1.165, 1.54) is 6.07 Å². The summed E-state index contributed by atoms with van der Waals surface area (Å²) in [4.78, 5) is 6.82. The molecule has 10 heteroatoms. The van der Waals surface area contributed by atoms with Crippen LogP contribution in [-0.4, -0.2) is 6.36 Å². The first kappa shape index (κ1) is 22.6. The second-order valence-electron chi connectivity index (χ2n) is 7.97. The van der Waals surface area contributed by atoms with Crippen LogP contribution < -0.4 is 4.74 Å². The lowest BCUT2D eigenvalue weighted by Gasteiger charge is -2.09. The van der Waals surface area contributed by atoms with E-state index in [9.17, 15) is 23.7 Å². The molecule has 0 N–H and O–H groups in total. The first-order valence-corrected chi connectivity index (χ1v) is 10.3. The molecule has 0 saturated carbocycles. The highest BCUT2D eigenvalue weighted by Gasteiger charge is 2.36. The summed E-state index contributed by atoms with van der Waals surface area (Å²) in [5.74, 6) is -0.538. The van der Waals surface area contributed by atoms with Crippen LogP contribution in [0.5, 0.6) is 5.75 Å². The number of hydrogen-bond acceptors (Lipinski definition) is 5. The summed E-state index contributed by atoms with van der Waals surface area (Å²) in [7, 11) is 0. The van der Waals surface area contributed by atoms with Gasteiger partial charge >= 0.3 is 18.4 Å². The van der Waals surface area contributed by atoms with Gasteiger partial charge in [0.1, 0.15) is 39.2 Å². The van der Waals surface area contributed by atoms with Crippen molar-refractivity contribution in [2.24, 2.45) is 0 Å². The van der Waals surface area contributed by atoms with Crippen molar-refractivity contribution in [3.63, 3.8) is 0 Å². The van der Waals surface area contributed by atoms with Crippen molar-refractivity contribution in [2.45, 2.75) is 25.4 Å². The van der Waals surface area contributed by atoms with Crippen LogP contribution in [0.4, 0.5) is 13.2 Å². The number of rotatable bonds is 3. The average molecular weight is 484 g/mol. The van der Waals surface area contributed by atoms with E-state index >= 15 is 0 Å². The Morgan fingerprint density at radius 1 is 0.861 bits per heavy atom. The third kappa shape index (κ3) is 3.33. The summed E-state index contributed by atoms with van der Waals surface area (Å²) in [5, 5.41) is 20.7. The molecule has 174 valence electrons. The summed E-state index contributed by atoms with van der Waals surface area (Å²) >= 11 is 0. The van der Waals surface area contributed by atoms with E-state index in [4.69, 9.17) is 22.0 Å². The molecule has 2 unspecified atom stereocenters. The summed E-state index contributed by atoms with van der Waals surface area (Å²) < 4.78 is 54.9. The van der Waals surface area contributed by atoms with Gasteiger partial charge in [0.15, 0.2) is 12.1 Å². The molecule has 0 amide bonds. The number of nitrogens with zero attached hydrogens (tertiary/aromatic N) is 4. The quantitative estimate of drug-likeness (QED) is 0.245. The van der Waals surface area contributed by atoms with Gasteiger partial charge in [-0.15, -0.1) is 13.2 Å². The van der Waals surface area contributed by atoms with Gasteiger partial charge in [-0.05, 0) is 37.3 Å². The normalized spacial score (nSPS) is 13.2. The van der Waals surface area contributed by atoms with Gasteiger partial charge in [0.05, 0.1) is 0 Å². The number of furan rings is 2. The molecule has 36 heavy (non-hydrogen) atoms. The topological polar surface area (TPSA) is 91.8 Å². The molecular weight excluding hydrogens is 473 g/mol. The van der Waals surface area contributed by atoms with Gasteiger partial charge in [0.25, 0.3) is 0 Å². The first-order valence-electron chi connectivity index (χ1n) is 10.3. The number of ether oxygens (including phenoxy) is 1. The molecule has 0 spiro atoms. The van der Waals surface area contributed by atoms with Crippen LogP contribution in [0.1, 0.15) is 28.8 Å². The van der Waals surface area contributed by atoms with Gasteiger partial charge in [-0.1, -0.05) is 11.6 Å². The Morgan fingerprint density at radius 3 is 1.83 bits per heavy atom. The fourth-order valence-corrected chi connectivity index (χ4v) is 4.46. The van der Waals surface area contributed by atoms with Gasteiger partial charge in [-0.2, -0.15) is 10.5 Å². The third-order valence-electron chi connectivity index (χ3n) is 5.81. The molecule has 5 rings (SSSR count). The van der Waals surface area contributed by atoms with Crippen molar-refractivity contribution in [1.29, 1.82) is 10.5 Å². The van der Waals surface area contributed by atoms with E-state index in [1.54, 1.807) is 18.2 Å². The lowest BCUT2D eigenvalue weighted by Crippen LogP contribution is -2.16. The number of aryl methyl sites for hydroxylation is 1. The predicted octanol–water partition coefficient (Wildman–Crippen LogP) is 7.66. The van der Waals surface area contributed by atoms with E-state index in [0.717, 1.165) is 17.7 Å². The first-order chi connectivity index (χ1) is 17.2. The maximum atomic E-state index is 12.9. The van der Waals surface area contributed by atoms with Crippen molar-refractivity contribution < 1.29 is 26.7 Å². The minimum absolute atomic E-state index is 0.0207. The second kappa shape index (κ2) is 7.94. The third-order valence-corrected chi connectivity index (χ3v) is 5.81. The highest BCUT2D eigenvalue weighted by Crippen LogP contribution is 2.48. The summed E-state index contributed by atoms with van der Waals surface area (Å²) in [5.41, 5.74) is 1.72. The Kier molecular flexibility index (Phi) is 4.99. The number of fused-ring (bicyclic) bond motifs is 6. The molecule has 2 heterocycles. The van der Waals surface area contributed by atoms with E-state index in [0.29, 0.717) is 16.4 Å². The van der Waals surface area contributed by atoms with Gasteiger partial charge < -0.3 is 13.6 Å². The van der Waals surface area contributed by atoms with Crippen LogP contribution in [0.15, 0.2) is 45.2 Å². The largest absolute Gasteiger partial charge is 0.573 e. The molecule has 2 atom stereocenters. The van der Waals surface area contributed by atoms with E-state index in [1.807, 2.05) is 19.1 Å². The van der Waals surface area contributed by atoms with Crippen molar-refractivity contribution in [1.82, 2.24) is 0 Å². The lowest BCUT2D eigenvalue weighted by atomic mass is 9.91. The summed E-state index contributed by atoms with van der Waals surface area (Å²) in [6.07, 6.45) is -4.95. The summed E-state index contributed by atoms with van der Waals surface area (Å²) in [6, 6.07) is 9.73. The molecular formula is C26H11F3N4O3. The van der Waals surface area contributed by atoms with Crippen molar-refractivity contribution >= 4 is 43.9 Å². The molecule has 5 aromatic rings. The monoisotopic (exact) mass is 484 g/mol. The Balaban J connectivity index is 2.08. The maximum absolute atomic E-state index is 12.9. The number of nitriles is 2. The zero-order valence-electron chi connectivity index (χ0n) is 18.3. The number of alkyl halides is 3. The average Bonchev–Trinajstić information content (AvgIpc) is 3.38. The Labute approximate surface area is 200 Å². The van der Waals surface area contributed by atoms with Gasteiger partial charge in [-0.3, -0.25) is 9.69 Å². The van der Waals surface area contributed by atoms with Crippen LogP contribution in [0.3, 0.4) is 0 Å². The van der Waals surface area contributed by atoms with Crippen molar-refractivity contribution in [2.75, 3.05) is 0 Å². The van der Waals surface area contributed by atoms with E-state index in [-0.39, 0.29) is 38.6 Å². The molecule has 0 bridgehead atoms. The van der Waals surface area contributed by atoms with E-state index < -0.39 is 24.2 Å². The SMILES string of the molecule is [C-]#[N+]C(C#N)c1c2oc3ccc(OC(F)(F)F)cc3c2c(C(C#N)[N+]#[C-])c2oc3ccc(C)cc3c12. The molecule has 2 aromatic heterocycles. The van der Waals surface area contributed by atoms with Crippen LogP contribution >= 0.6 is 0 Å². The van der Waals surface area contributed by atoms with Crippen LogP contribution in [0.2, 0.25) is 0 Å². The molecule has 0 saturated heterocycles. The maximum Gasteiger partial charge on any atom is 0.573 e. The molecule has 3 aromatic carbocycles. The standard InChI is InChI=1S/C26H11F3N4O3/c1-12-4-6-18-14(8-12)20-22(16(10-30)32-2)25-21(23(24(20)34-18)17(11-31)33-3)15-9-13(36-26(27,28)29)5-7-19(15)35-25/h4-9,16-17H,1H3. The Hall–Kier alpha value is -5.19. The zero-order chi connectivity index (χ0) is 25.8. The van der Waals surface area contributed by atoms with Crippen molar-refractivity contribution in [3.8, 4) is 17.9 Å². The number of hydrogen-bond donors (Lipinski definition) is 0. The molecule has 0 aliphatic heterocycles. The van der Waals surface area contributed by atoms with E-state index in [2.05, 4.69) is 14.4 Å². The smallest absolute Gasteiger partial charge is 0.455 e. The minimum Gasteiger partial charge on any atom is -0.455 e. The fraction of sp³-hybridized carbons (Fsp3) is 0.154. The molecule has 0 aliphatic carbocycles.